The molecule has 1 saturated heterocycles. The van der Waals surface area contributed by atoms with Crippen molar-refractivity contribution in [2.24, 2.45) is 17.6 Å². The van der Waals surface area contributed by atoms with Gasteiger partial charge >= 0.3 is 5.97 Å². The fraction of sp³-hybridized carbons (Fsp3) is 0.571. The van der Waals surface area contributed by atoms with Crippen molar-refractivity contribution in [3.05, 3.63) is 53.3 Å². The number of aliphatic carboxylic acids is 1. The molecule has 36 heavy (non-hydrogen) atoms. The van der Waals surface area contributed by atoms with Crippen LogP contribution in [0.4, 0.5) is 5.95 Å². The van der Waals surface area contributed by atoms with Crippen molar-refractivity contribution in [2.75, 3.05) is 37.6 Å². The lowest BCUT2D eigenvalue weighted by atomic mass is 9.90. The van der Waals surface area contributed by atoms with Gasteiger partial charge in [-0.3, -0.25) is 9.59 Å². The van der Waals surface area contributed by atoms with Crippen molar-refractivity contribution in [3.63, 3.8) is 0 Å². The maximum Gasteiger partial charge on any atom is 0.323 e. The lowest BCUT2D eigenvalue weighted by molar-refractivity contribution is -0.137. The molecule has 0 radical (unpaired) electrons. The Kier molecular flexibility index (Phi) is 10.7. The Bertz CT molecular complexity index is 974. The van der Waals surface area contributed by atoms with E-state index in [2.05, 4.69) is 40.2 Å². The van der Waals surface area contributed by atoms with Gasteiger partial charge in [-0.25, -0.2) is 9.97 Å². The van der Waals surface area contributed by atoms with E-state index in [4.69, 9.17) is 10.7 Å². The molecule has 0 aliphatic carbocycles. The Morgan fingerprint density at radius 1 is 1.14 bits per heavy atom. The summed E-state index contributed by atoms with van der Waals surface area (Å²) in [7, 11) is 0. The van der Waals surface area contributed by atoms with Crippen LogP contribution in [0, 0.1) is 11.8 Å². The fourth-order valence-corrected chi connectivity index (χ4v) is 4.82. The molecule has 0 bridgehead atoms. The van der Waals surface area contributed by atoms with Crippen LogP contribution in [0.2, 0.25) is 0 Å². The third kappa shape index (κ3) is 8.29. The average Bonchev–Trinajstić information content (AvgIpc) is 2.86. The Labute approximate surface area is 214 Å². The quantitative estimate of drug-likeness (QED) is 0.407. The molecule has 0 saturated carbocycles. The van der Waals surface area contributed by atoms with Crippen molar-refractivity contribution in [2.45, 2.75) is 58.8 Å². The summed E-state index contributed by atoms with van der Waals surface area (Å²) in [5, 5.41) is 9.35. The van der Waals surface area contributed by atoms with Gasteiger partial charge in [-0.05, 0) is 62.5 Å². The maximum absolute atomic E-state index is 13.4. The van der Waals surface area contributed by atoms with E-state index in [1.165, 1.54) is 10.5 Å². The van der Waals surface area contributed by atoms with Crippen LogP contribution in [0.15, 0.2) is 36.5 Å². The molecule has 196 valence electrons. The number of nitrogens with zero attached hydrogens (tertiary/aromatic N) is 4. The zero-order chi connectivity index (χ0) is 25.9. The van der Waals surface area contributed by atoms with Crippen LogP contribution in [0.5, 0.6) is 0 Å². The number of anilines is 1. The Morgan fingerprint density at radius 2 is 1.86 bits per heavy atom. The Balaban J connectivity index is 1.74. The minimum atomic E-state index is -1.02. The van der Waals surface area contributed by atoms with Crippen molar-refractivity contribution in [3.8, 4) is 0 Å². The number of aromatic nitrogens is 2. The number of carboxylic acid groups (broad SMARTS) is 1. The largest absolute Gasteiger partial charge is 0.480 e. The Morgan fingerprint density at radius 3 is 2.50 bits per heavy atom. The van der Waals surface area contributed by atoms with Gasteiger partial charge in [0.1, 0.15) is 6.54 Å². The highest BCUT2D eigenvalue weighted by atomic mass is 16.4. The number of hydrogen-bond acceptors (Lipinski definition) is 6. The summed E-state index contributed by atoms with van der Waals surface area (Å²) < 4.78 is 0. The van der Waals surface area contributed by atoms with Crippen LogP contribution in [0.1, 0.15) is 67.6 Å². The summed E-state index contributed by atoms with van der Waals surface area (Å²) in [6, 6.07) is 10.6. The normalized spacial score (nSPS) is 14.3. The number of piperidine rings is 1. The minimum Gasteiger partial charge on any atom is -0.480 e. The number of nitrogens with two attached hydrogens (primary N) is 1. The first-order valence-corrected chi connectivity index (χ1v) is 13.2. The first-order chi connectivity index (χ1) is 17.4. The van der Waals surface area contributed by atoms with Crippen LogP contribution >= 0.6 is 0 Å². The van der Waals surface area contributed by atoms with Gasteiger partial charge in [-0.15, -0.1) is 0 Å². The number of hydrogen-bond donors (Lipinski definition) is 2. The number of unbranched alkanes of at least 4 members (excludes halogenated alkanes) is 2. The number of aryl methyl sites for hydroxylation is 1. The molecule has 8 nitrogen and oxygen atoms in total. The summed E-state index contributed by atoms with van der Waals surface area (Å²) in [6.45, 7) is 6.38. The topological polar surface area (TPSA) is 113 Å². The van der Waals surface area contributed by atoms with Crippen LogP contribution in [0.3, 0.4) is 0 Å². The zero-order valence-electron chi connectivity index (χ0n) is 21.7. The van der Waals surface area contributed by atoms with E-state index in [1.807, 2.05) is 13.8 Å². The minimum absolute atomic E-state index is 0.152. The standard InChI is InChI=1S/C28H41N5O3/c1-21(2)19-33(20-26(34)35)27(36)24-18-30-28(31-25(24)11-7-4-8-14-29)32-15-12-23(13-16-32)17-22-9-5-3-6-10-22/h3,5-6,9-10,18,21,23H,4,7-8,11-17,19-20,29H2,1-2H3,(H,34,35). The van der Waals surface area contributed by atoms with Crippen LogP contribution in [-0.4, -0.2) is 64.6 Å². The number of carbonyl (C=O) groups is 2. The summed E-state index contributed by atoms with van der Waals surface area (Å²) in [5.41, 5.74) is 8.14. The summed E-state index contributed by atoms with van der Waals surface area (Å²) in [4.78, 5) is 37.8. The van der Waals surface area contributed by atoms with Crippen molar-refractivity contribution >= 4 is 17.8 Å². The first-order valence-electron chi connectivity index (χ1n) is 13.2. The second-order valence-electron chi connectivity index (χ2n) is 10.2. The highest BCUT2D eigenvalue weighted by molar-refractivity contribution is 5.96. The molecule has 0 spiro atoms. The van der Waals surface area contributed by atoms with Crippen LogP contribution < -0.4 is 10.6 Å². The molecule has 3 rings (SSSR count). The third-order valence-electron chi connectivity index (χ3n) is 6.67. The zero-order valence-corrected chi connectivity index (χ0v) is 21.7. The van der Waals surface area contributed by atoms with E-state index in [9.17, 15) is 14.7 Å². The van der Waals surface area contributed by atoms with Gasteiger partial charge in [-0.2, -0.15) is 0 Å². The second kappa shape index (κ2) is 13.9. The van der Waals surface area contributed by atoms with E-state index in [0.29, 0.717) is 42.6 Å². The van der Waals surface area contributed by atoms with Gasteiger partial charge in [-0.1, -0.05) is 50.6 Å². The van der Waals surface area contributed by atoms with Crippen molar-refractivity contribution in [1.82, 2.24) is 14.9 Å². The molecule has 1 fully saturated rings. The molecule has 1 amide bonds. The predicted octanol–water partition coefficient (Wildman–Crippen LogP) is 3.79. The summed E-state index contributed by atoms with van der Waals surface area (Å²) in [5.74, 6) is 0.115. The van der Waals surface area contributed by atoms with Crippen LogP contribution in [-0.2, 0) is 17.6 Å². The second-order valence-corrected chi connectivity index (χ2v) is 10.2. The van der Waals surface area contributed by atoms with E-state index in [1.54, 1.807) is 6.20 Å². The van der Waals surface area contributed by atoms with Gasteiger partial charge in [0, 0.05) is 25.8 Å². The van der Waals surface area contributed by atoms with E-state index in [0.717, 1.165) is 51.6 Å². The molecule has 1 aromatic heterocycles. The fourth-order valence-electron chi connectivity index (χ4n) is 4.82. The monoisotopic (exact) mass is 495 g/mol. The predicted molar refractivity (Wildman–Crippen MR) is 142 cm³/mol. The number of carbonyl (C=O) groups excluding carboxylic acids is 1. The van der Waals surface area contributed by atoms with Gasteiger partial charge < -0.3 is 20.6 Å². The highest BCUT2D eigenvalue weighted by Gasteiger charge is 2.26. The number of rotatable bonds is 13. The van der Waals surface area contributed by atoms with Gasteiger partial charge in [0.05, 0.1) is 11.3 Å². The molecule has 1 aliphatic heterocycles. The average molecular weight is 496 g/mol. The summed E-state index contributed by atoms with van der Waals surface area (Å²) in [6.07, 6.45) is 8.24. The molecule has 3 N–H and O–H groups in total. The van der Waals surface area contributed by atoms with E-state index in [-0.39, 0.29) is 18.4 Å². The highest BCUT2D eigenvalue weighted by Crippen LogP contribution is 2.25. The molecule has 1 aromatic carbocycles. The molecular formula is C28H41N5O3. The smallest absolute Gasteiger partial charge is 0.323 e. The Hall–Kier alpha value is -3.00. The molecule has 0 unspecified atom stereocenters. The van der Waals surface area contributed by atoms with E-state index >= 15 is 0 Å². The lowest BCUT2D eigenvalue weighted by Crippen LogP contribution is -2.39. The molecule has 2 aromatic rings. The van der Waals surface area contributed by atoms with Crippen LogP contribution in [0.25, 0.3) is 0 Å². The molecule has 8 heteroatoms. The number of amides is 1. The molecule has 2 heterocycles. The summed E-state index contributed by atoms with van der Waals surface area (Å²) >= 11 is 0. The van der Waals surface area contributed by atoms with Gasteiger partial charge in [0.2, 0.25) is 5.95 Å². The van der Waals surface area contributed by atoms with Crippen molar-refractivity contribution < 1.29 is 14.7 Å². The third-order valence-corrected chi connectivity index (χ3v) is 6.67. The number of benzene rings is 1. The SMILES string of the molecule is CC(C)CN(CC(=O)O)C(=O)c1cnc(N2CCC(Cc3ccccc3)CC2)nc1CCCCCN. The molecule has 0 atom stereocenters. The van der Waals surface area contributed by atoms with E-state index < -0.39 is 5.97 Å². The van der Waals surface area contributed by atoms with Gasteiger partial charge in [0.25, 0.3) is 5.91 Å². The maximum atomic E-state index is 13.4. The first kappa shape index (κ1) is 27.6. The van der Waals surface area contributed by atoms with Gasteiger partial charge in [0.15, 0.2) is 0 Å². The molecular weight excluding hydrogens is 454 g/mol. The molecule has 1 aliphatic rings. The lowest BCUT2D eigenvalue weighted by Gasteiger charge is -2.32. The number of carboxylic acids is 1. The van der Waals surface area contributed by atoms with Crippen molar-refractivity contribution in [1.29, 1.82) is 0 Å².